The number of nitrogens with one attached hydrogen (secondary N) is 1. The molecular formula is C15H12ClN3O2S2. The van der Waals surface area contributed by atoms with Crippen molar-refractivity contribution in [2.45, 2.75) is 5.75 Å². The molecule has 3 rings (SSSR count). The van der Waals surface area contributed by atoms with E-state index in [1.807, 2.05) is 17.5 Å². The van der Waals surface area contributed by atoms with E-state index in [9.17, 15) is 4.79 Å². The molecule has 2 aromatic heterocycles. The number of halogens is 1. The van der Waals surface area contributed by atoms with E-state index in [0.717, 1.165) is 10.6 Å². The molecule has 0 atom stereocenters. The van der Waals surface area contributed by atoms with E-state index in [2.05, 4.69) is 15.5 Å². The highest BCUT2D eigenvalue weighted by Crippen LogP contribution is 2.22. The first kappa shape index (κ1) is 16.0. The normalized spacial score (nSPS) is 10.7. The van der Waals surface area contributed by atoms with Crippen LogP contribution in [0.3, 0.4) is 0 Å². The van der Waals surface area contributed by atoms with Crippen LogP contribution in [0.5, 0.6) is 0 Å². The Bertz CT molecular complexity index is 772. The summed E-state index contributed by atoms with van der Waals surface area (Å²) in [7, 11) is 0. The van der Waals surface area contributed by atoms with Crippen molar-refractivity contribution in [3.8, 4) is 10.7 Å². The Morgan fingerprint density at radius 1 is 1.30 bits per heavy atom. The highest BCUT2D eigenvalue weighted by atomic mass is 35.5. The molecule has 0 fully saturated rings. The molecule has 1 amide bonds. The number of carbonyl (C=O) groups excluding carboxylic acids is 1. The van der Waals surface area contributed by atoms with Crippen LogP contribution >= 0.6 is 34.7 Å². The number of hydrogen-bond acceptors (Lipinski definition) is 6. The second kappa shape index (κ2) is 7.63. The van der Waals surface area contributed by atoms with E-state index in [4.69, 9.17) is 16.1 Å². The van der Waals surface area contributed by atoms with E-state index in [1.54, 1.807) is 35.6 Å². The van der Waals surface area contributed by atoms with Gasteiger partial charge in [-0.25, -0.2) is 0 Å². The number of carbonyl (C=O) groups is 1. The Morgan fingerprint density at radius 2 is 2.13 bits per heavy atom. The Morgan fingerprint density at radius 3 is 2.87 bits per heavy atom. The van der Waals surface area contributed by atoms with Crippen molar-refractivity contribution in [1.82, 2.24) is 10.1 Å². The van der Waals surface area contributed by atoms with Gasteiger partial charge in [0.05, 0.1) is 16.4 Å². The summed E-state index contributed by atoms with van der Waals surface area (Å²) in [5, 5.41) is 9.32. The molecule has 118 valence electrons. The van der Waals surface area contributed by atoms with Crippen molar-refractivity contribution in [1.29, 1.82) is 0 Å². The summed E-state index contributed by atoms with van der Waals surface area (Å²) in [6.07, 6.45) is 0. The number of thiophene rings is 1. The lowest BCUT2D eigenvalue weighted by atomic mass is 10.3. The maximum absolute atomic E-state index is 11.8. The molecule has 23 heavy (non-hydrogen) atoms. The number of aromatic nitrogens is 2. The third kappa shape index (κ3) is 4.57. The van der Waals surface area contributed by atoms with Gasteiger partial charge >= 0.3 is 0 Å². The highest BCUT2D eigenvalue weighted by molar-refractivity contribution is 7.99. The van der Waals surface area contributed by atoms with Crippen molar-refractivity contribution in [2.24, 2.45) is 0 Å². The Labute approximate surface area is 146 Å². The van der Waals surface area contributed by atoms with Crippen molar-refractivity contribution in [2.75, 3.05) is 11.1 Å². The Balaban J connectivity index is 1.46. The van der Waals surface area contributed by atoms with Gasteiger partial charge in [0.25, 0.3) is 0 Å². The van der Waals surface area contributed by atoms with E-state index in [1.165, 1.54) is 11.8 Å². The molecule has 3 aromatic rings. The van der Waals surface area contributed by atoms with Gasteiger partial charge in [0.1, 0.15) is 0 Å². The molecule has 0 aliphatic carbocycles. The van der Waals surface area contributed by atoms with Crippen LogP contribution in [-0.2, 0) is 10.5 Å². The molecule has 5 nitrogen and oxygen atoms in total. The minimum absolute atomic E-state index is 0.0877. The molecule has 0 aliphatic rings. The second-order valence-electron chi connectivity index (χ2n) is 4.54. The predicted molar refractivity (Wildman–Crippen MR) is 93.9 cm³/mol. The molecule has 8 heteroatoms. The largest absolute Gasteiger partial charge is 0.338 e. The lowest BCUT2D eigenvalue weighted by Crippen LogP contribution is -2.14. The van der Waals surface area contributed by atoms with Crippen molar-refractivity contribution in [3.63, 3.8) is 0 Å². The third-order valence-corrected chi connectivity index (χ3v) is 4.83. The molecule has 0 unspecified atom stereocenters. The van der Waals surface area contributed by atoms with Gasteiger partial charge in [-0.2, -0.15) is 4.98 Å². The van der Waals surface area contributed by atoms with Crippen LogP contribution in [0.15, 0.2) is 46.3 Å². The number of amides is 1. The fourth-order valence-corrected chi connectivity index (χ4v) is 3.21. The van der Waals surface area contributed by atoms with Crippen LogP contribution < -0.4 is 5.32 Å². The van der Waals surface area contributed by atoms with Crippen LogP contribution in [-0.4, -0.2) is 21.8 Å². The molecule has 0 spiro atoms. The van der Waals surface area contributed by atoms with E-state index >= 15 is 0 Å². The average Bonchev–Trinajstić information content (AvgIpc) is 3.20. The molecule has 0 saturated heterocycles. The van der Waals surface area contributed by atoms with Crippen molar-refractivity contribution in [3.05, 3.63) is 52.7 Å². The van der Waals surface area contributed by atoms with E-state index in [-0.39, 0.29) is 5.91 Å². The van der Waals surface area contributed by atoms with Crippen LogP contribution in [0.25, 0.3) is 10.7 Å². The minimum atomic E-state index is -0.0877. The predicted octanol–water partition coefficient (Wildman–Crippen LogP) is 4.32. The smallest absolute Gasteiger partial charge is 0.236 e. The zero-order valence-corrected chi connectivity index (χ0v) is 14.2. The molecule has 0 bridgehead atoms. The van der Waals surface area contributed by atoms with Crippen LogP contribution in [0, 0.1) is 0 Å². The molecule has 0 aliphatic heterocycles. The summed E-state index contributed by atoms with van der Waals surface area (Å²) in [5.74, 6) is 1.81. The van der Waals surface area contributed by atoms with Gasteiger partial charge in [0, 0.05) is 10.7 Å². The number of nitrogens with zero attached hydrogens (tertiary/aromatic N) is 2. The first-order valence-electron chi connectivity index (χ1n) is 6.70. The molecule has 0 radical (unpaired) electrons. The summed E-state index contributed by atoms with van der Waals surface area (Å²) in [6.45, 7) is 0. The quantitative estimate of drug-likeness (QED) is 0.704. The average molecular weight is 366 g/mol. The number of benzene rings is 1. The van der Waals surface area contributed by atoms with Gasteiger partial charge in [0.15, 0.2) is 0 Å². The zero-order valence-electron chi connectivity index (χ0n) is 11.9. The molecule has 1 aromatic carbocycles. The fourth-order valence-electron chi connectivity index (χ4n) is 1.78. The Kier molecular flexibility index (Phi) is 5.32. The van der Waals surface area contributed by atoms with Crippen LogP contribution in [0.1, 0.15) is 5.89 Å². The summed E-state index contributed by atoms with van der Waals surface area (Å²) in [6, 6.07) is 10.9. The lowest BCUT2D eigenvalue weighted by Gasteiger charge is -2.04. The highest BCUT2D eigenvalue weighted by Gasteiger charge is 2.10. The number of hydrogen-bond donors (Lipinski definition) is 1. The minimum Gasteiger partial charge on any atom is -0.338 e. The molecule has 1 N–H and O–H groups in total. The first-order chi connectivity index (χ1) is 11.2. The summed E-state index contributed by atoms with van der Waals surface area (Å²) >= 11 is 8.77. The summed E-state index contributed by atoms with van der Waals surface area (Å²) in [4.78, 5) is 17.1. The van der Waals surface area contributed by atoms with Crippen molar-refractivity contribution < 1.29 is 9.32 Å². The Hall–Kier alpha value is -1.83. The number of anilines is 1. The topological polar surface area (TPSA) is 68.0 Å². The standard InChI is InChI=1S/C15H12ClN3O2S2/c16-10-3-5-11(6-4-10)17-13(20)8-22-9-14-18-15(19-21-14)12-2-1-7-23-12/h1-7H,8-9H2,(H,17,20). The number of rotatable bonds is 6. The monoisotopic (exact) mass is 365 g/mol. The van der Waals surface area contributed by atoms with Gasteiger partial charge in [-0.15, -0.1) is 23.1 Å². The molecule has 0 saturated carbocycles. The van der Waals surface area contributed by atoms with E-state index < -0.39 is 0 Å². The maximum atomic E-state index is 11.8. The SMILES string of the molecule is O=C(CSCc1nc(-c2cccs2)no1)Nc1ccc(Cl)cc1. The van der Waals surface area contributed by atoms with Crippen molar-refractivity contribution >= 4 is 46.3 Å². The summed E-state index contributed by atoms with van der Waals surface area (Å²) in [5.41, 5.74) is 0.720. The van der Waals surface area contributed by atoms with Gasteiger partial charge in [-0.05, 0) is 35.7 Å². The number of thioether (sulfide) groups is 1. The lowest BCUT2D eigenvalue weighted by molar-refractivity contribution is -0.113. The fraction of sp³-hybridized carbons (Fsp3) is 0.133. The third-order valence-electron chi connectivity index (χ3n) is 2.80. The summed E-state index contributed by atoms with van der Waals surface area (Å²) < 4.78 is 5.18. The van der Waals surface area contributed by atoms with Gasteiger partial charge < -0.3 is 9.84 Å². The van der Waals surface area contributed by atoms with Gasteiger partial charge in [-0.3, -0.25) is 4.79 Å². The second-order valence-corrected chi connectivity index (χ2v) is 6.91. The van der Waals surface area contributed by atoms with Gasteiger partial charge in [-0.1, -0.05) is 22.8 Å². The zero-order chi connectivity index (χ0) is 16.1. The molecular weight excluding hydrogens is 354 g/mol. The maximum Gasteiger partial charge on any atom is 0.236 e. The first-order valence-corrected chi connectivity index (χ1v) is 9.11. The van der Waals surface area contributed by atoms with Crippen LogP contribution in [0.4, 0.5) is 5.69 Å². The molecule has 2 heterocycles. The van der Waals surface area contributed by atoms with E-state index in [0.29, 0.717) is 28.2 Å². The van der Waals surface area contributed by atoms with Gasteiger partial charge in [0.2, 0.25) is 17.6 Å². The van der Waals surface area contributed by atoms with Crippen LogP contribution in [0.2, 0.25) is 5.02 Å².